The van der Waals surface area contributed by atoms with Gasteiger partial charge in [-0.2, -0.15) is 0 Å². The van der Waals surface area contributed by atoms with Crippen molar-refractivity contribution in [1.29, 1.82) is 0 Å². The molecule has 0 aliphatic heterocycles. The molecule has 0 spiro atoms. The highest BCUT2D eigenvalue weighted by atomic mass is 16.5. The Bertz CT molecular complexity index is 549. The first-order valence-electron chi connectivity index (χ1n) is 7.04. The number of hydrogen-bond donors (Lipinski definition) is 1. The third-order valence-electron chi connectivity index (χ3n) is 3.40. The molecule has 0 bridgehead atoms. The summed E-state index contributed by atoms with van der Waals surface area (Å²) in [7, 11) is 0. The number of nitrogens with one attached hydrogen (secondary N) is 1. The van der Waals surface area contributed by atoms with E-state index >= 15 is 0 Å². The minimum atomic E-state index is 0.506. The average molecular weight is 270 g/mol. The summed E-state index contributed by atoms with van der Waals surface area (Å²) >= 11 is 0. The monoisotopic (exact) mass is 270 g/mol. The van der Waals surface area contributed by atoms with Crippen molar-refractivity contribution in [3.8, 4) is 5.75 Å². The predicted octanol–water partition coefficient (Wildman–Crippen LogP) is 3.39. The van der Waals surface area contributed by atoms with Crippen LogP contribution < -0.4 is 10.1 Å². The fraction of sp³-hybridized carbons (Fsp3) is 0.353. The molecule has 0 atom stereocenters. The lowest BCUT2D eigenvalue weighted by Gasteiger charge is -2.10. The normalized spacial score (nSPS) is 10.6. The molecule has 0 amide bonds. The number of pyridine rings is 1. The van der Waals surface area contributed by atoms with Gasteiger partial charge in [0.1, 0.15) is 12.4 Å². The zero-order valence-corrected chi connectivity index (χ0v) is 12.4. The molecule has 0 saturated heterocycles. The molecule has 0 fully saturated rings. The van der Waals surface area contributed by atoms with Crippen molar-refractivity contribution in [2.75, 3.05) is 6.54 Å². The minimum absolute atomic E-state index is 0.506. The van der Waals surface area contributed by atoms with Crippen molar-refractivity contribution < 1.29 is 4.74 Å². The van der Waals surface area contributed by atoms with Gasteiger partial charge < -0.3 is 10.1 Å². The van der Waals surface area contributed by atoms with Gasteiger partial charge in [0.2, 0.25) is 0 Å². The first-order valence-corrected chi connectivity index (χ1v) is 7.04. The Morgan fingerprint density at radius 1 is 1.15 bits per heavy atom. The van der Waals surface area contributed by atoms with Crippen LogP contribution in [0.3, 0.4) is 0 Å². The van der Waals surface area contributed by atoms with Gasteiger partial charge in [-0.05, 0) is 49.2 Å². The molecule has 0 unspecified atom stereocenters. The summed E-state index contributed by atoms with van der Waals surface area (Å²) in [5, 5.41) is 3.28. The zero-order valence-electron chi connectivity index (χ0n) is 12.4. The number of ether oxygens (including phenoxy) is 1. The summed E-state index contributed by atoms with van der Waals surface area (Å²) in [5.74, 6) is 0.934. The third kappa shape index (κ3) is 3.81. The summed E-state index contributed by atoms with van der Waals surface area (Å²) < 4.78 is 5.85. The Hall–Kier alpha value is -1.87. The first-order chi connectivity index (χ1) is 9.70. The maximum absolute atomic E-state index is 5.85. The van der Waals surface area contributed by atoms with E-state index in [2.05, 4.69) is 43.2 Å². The molecule has 20 heavy (non-hydrogen) atoms. The van der Waals surface area contributed by atoms with Gasteiger partial charge in [0, 0.05) is 12.7 Å². The second kappa shape index (κ2) is 7.06. The smallest absolute Gasteiger partial charge is 0.130 e. The van der Waals surface area contributed by atoms with E-state index in [1.165, 1.54) is 16.7 Å². The lowest BCUT2D eigenvalue weighted by atomic mass is 10.1. The Balaban J connectivity index is 1.95. The van der Waals surface area contributed by atoms with Crippen LogP contribution in [0.5, 0.6) is 5.75 Å². The van der Waals surface area contributed by atoms with E-state index in [0.29, 0.717) is 6.61 Å². The van der Waals surface area contributed by atoms with Crippen molar-refractivity contribution >= 4 is 0 Å². The van der Waals surface area contributed by atoms with Crippen molar-refractivity contribution in [2.45, 2.75) is 33.9 Å². The molecule has 0 aliphatic rings. The third-order valence-corrected chi connectivity index (χ3v) is 3.40. The number of nitrogens with zero attached hydrogens (tertiary/aromatic N) is 1. The number of hydrogen-bond acceptors (Lipinski definition) is 3. The predicted molar refractivity (Wildman–Crippen MR) is 81.9 cm³/mol. The zero-order chi connectivity index (χ0) is 14.4. The van der Waals surface area contributed by atoms with Crippen molar-refractivity contribution in [3.63, 3.8) is 0 Å². The molecule has 3 heteroatoms. The van der Waals surface area contributed by atoms with Crippen LogP contribution in [0.15, 0.2) is 36.5 Å². The molecule has 1 aromatic carbocycles. The Morgan fingerprint density at radius 3 is 2.70 bits per heavy atom. The Morgan fingerprint density at radius 2 is 2.00 bits per heavy atom. The van der Waals surface area contributed by atoms with Crippen LogP contribution in [0.25, 0.3) is 0 Å². The van der Waals surface area contributed by atoms with Gasteiger partial charge in [-0.3, -0.25) is 4.98 Å². The molecule has 1 N–H and O–H groups in total. The van der Waals surface area contributed by atoms with E-state index in [0.717, 1.165) is 24.5 Å². The number of aromatic nitrogens is 1. The molecule has 3 nitrogen and oxygen atoms in total. The lowest BCUT2D eigenvalue weighted by Crippen LogP contribution is -2.12. The van der Waals surface area contributed by atoms with Gasteiger partial charge in [-0.15, -0.1) is 0 Å². The van der Waals surface area contributed by atoms with Crippen molar-refractivity contribution in [2.24, 2.45) is 0 Å². The van der Waals surface area contributed by atoms with Crippen molar-refractivity contribution in [1.82, 2.24) is 10.3 Å². The molecule has 106 valence electrons. The number of benzene rings is 1. The van der Waals surface area contributed by atoms with Crippen LogP contribution in [-0.2, 0) is 13.2 Å². The van der Waals surface area contributed by atoms with Gasteiger partial charge in [0.05, 0.1) is 5.69 Å². The summed E-state index contributed by atoms with van der Waals surface area (Å²) in [6.07, 6.45) is 1.91. The van der Waals surface area contributed by atoms with E-state index in [4.69, 9.17) is 4.74 Å². The molecule has 2 rings (SSSR count). The van der Waals surface area contributed by atoms with Gasteiger partial charge in [0.25, 0.3) is 0 Å². The maximum Gasteiger partial charge on any atom is 0.130 e. The molecular weight excluding hydrogens is 248 g/mol. The second-order valence-electron chi connectivity index (χ2n) is 4.92. The topological polar surface area (TPSA) is 34.1 Å². The SMILES string of the molecule is CCNCc1ccc(COc2cccc(C)c2C)nc1. The van der Waals surface area contributed by atoms with Crippen LogP contribution in [0.4, 0.5) is 0 Å². The lowest BCUT2D eigenvalue weighted by molar-refractivity contribution is 0.299. The van der Waals surface area contributed by atoms with Crippen LogP contribution >= 0.6 is 0 Å². The first kappa shape index (κ1) is 14.5. The molecule has 1 aromatic heterocycles. The largest absolute Gasteiger partial charge is 0.487 e. The Kier molecular flexibility index (Phi) is 5.13. The van der Waals surface area contributed by atoms with Gasteiger partial charge in [0.15, 0.2) is 0 Å². The van der Waals surface area contributed by atoms with E-state index in [1.54, 1.807) is 0 Å². The van der Waals surface area contributed by atoms with Gasteiger partial charge in [-0.1, -0.05) is 25.1 Å². The molecular formula is C17H22N2O. The fourth-order valence-electron chi connectivity index (χ4n) is 1.95. The number of aryl methyl sites for hydroxylation is 1. The maximum atomic E-state index is 5.85. The Labute approximate surface area is 121 Å². The van der Waals surface area contributed by atoms with Crippen LogP contribution in [-0.4, -0.2) is 11.5 Å². The highest BCUT2D eigenvalue weighted by molar-refractivity contribution is 5.38. The highest BCUT2D eigenvalue weighted by Crippen LogP contribution is 2.21. The van der Waals surface area contributed by atoms with Gasteiger partial charge in [-0.25, -0.2) is 0 Å². The molecule has 0 saturated carbocycles. The molecule has 1 heterocycles. The quantitative estimate of drug-likeness (QED) is 0.873. The van der Waals surface area contributed by atoms with Gasteiger partial charge >= 0.3 is 0 Å². The van der Waals surface area contributed by atoms with Crippen molar-refractivity contribution in [3.05, 3.63) is 58.9 Å². The average Bonchev–Trinajstić information content (AvgIpc) is 2.48. The molecule has 2 aromatic rings. The second-order valence-corrected chi connectivity index (χ2v) is 4.92. The summed E-state index contributed by atoms with van der Waals surface area (Å²) in [4.78, 5) is 4.43. The summed E-state index contributed by atoms with van der Waals surface area (Å²) in [5.41, 5.74) is 4.58. The molecule has 0 radical (unpaired) electrons. The number of rotatable bonds is 6. The highest BCUT2D eigenvalue weighted by Gasteiger charge is 2.03. The van der Waals surface area contributed by atoms with E-state index in [9.17, 15) is 0 Å². The standard InChI is InChI=1S/C17H22N2O/c1-4-18-10-15-8-9-16(19-11-15)12-20-17-7-5-6-13(2)14(17)3/h5-9,11,18H,4,10,12H2,1-3H3. The van der Waals surface area contributed by atoms with Crippen LogP contribution in [0.1, 0.15) is 29.3 Å². The van der Waals surface area contributed by atoms with E-state index in [-0.39, 0.29) is 0 Å². The molecule has 0 aliphatic carbocycles. The summed E-state index contributed by atoms with van der Waals surface area (Å²) in [6, 6.07) is 10.2. The minimum Gasteiger partial charge on any atom is -0.487 e. The van der Waals surface area contributed by atoms with E-state index < -0.39 is 0 Å². The van der Waals surface area contributed by atoms with E-state index in [1.807, 2.05) is 24.4 Å². The fourth-order valence-corrected chi connectivity index (χ4v) is 1.95. The van der Waals surface area contributed by atoms with Crippen LogP contribution in [0.2, 0.25) is 0 Å². The van der Waals surface area contributed by atoms with Crippen LogP contribution in [0, 0.1) is 13.8 Å². The summed E-state index contributed by atoms with van der Waals surface area (Å²) in [6.45, 7) is 8.61.